The van der Waals surface area contributed by atoms with E-state index in [2.05, 4.69) is 0 Å². The highest BCUT2D eigenvalue weighted by Gasteiger charge is 2.38. The van der Waals surface area contributed by atoms with Crippen LogP contribution in [0, 0.1) is 22.0 Å². The van der Waals surface area contributed by atoms with Gasteiger partial charge in [-0.15, -0.1) is 0 Å². The molecule has 1 aliphatic heterocycles. The van der Waals surface area contributed by atoms with Gasteiger partial charge in [-0.2, -0.15) is 0 Å². The van der Waals surface area contributed by atoms with Crippen LogP contribution in [0.5, 0.6) is 0 Å². The molecule has 2 unspecified atom stereocenters. The molecule has 6 nitrogen and oxygen atoms in total. The van der Waals surface area contributed by atoms with E-state index >= 15 is 0 Å². The molecular weight excluding hydrogens is 304 g/mol. The van der Waals surface area contributed by atoms with Crippen molar-refractivity contribution in [1.29, 1.82) is 0 Å². The third kappa shape index (κ3) is 2.69. The van der Waals surface area contributed by atoms with E-state index in [1.165, 1.54) is 31.7 Å². The van der Waals surface area contributed by atoms with E-state index < -0.39 is 14.8 Å². The summed E-state index contributed by atoms with van der Waals surface area (Å²) in [5.41, 5.74) is 0.172. The van der Waals surface area contributed by atoms with Gasteiger partial charge in [0.1, 0.15) is 10.6 Å². The molecule has 22 heavy (non-hydrogen) atoms. The maximum atomic E-state index is 11.9. The average Bonchev–Trinajstić information content (AvgIpc) is 2.89. The van der Waals surface area contributed by atoms with E-state index in [9.17, 15) is 18.5 Å². The van der Waals surface area contributed by atoms with Gasteiger partial charge in [0.05, 0.1) is 4.92 Å². The number of sulfone groups is 1. The zero-order valence-corrected chi connectivity index (χ0v) is 13.4. The lowest BCUT2D eigenvalue weighted by molar-refractivity contribution is -0.387. The summed E-state index contributed by atoms with van der Waals surface area (Å²) < 4.78 is 23.7. The fourth-order valence-electron chi connectivity index (χ4n) is 3.85. The average molecular weight is 324 g/mol. The number of nitro groups is 1. The Hall–Kier alpha value is -1.63. The fourth-order valence-corrected chi connectivity index (χ4v) is 4.71. The molecule has 0 bridgehead atoms. The minimum atomic E-state index is -3.62. The Morgan fingerprint density at radius 2 is 1.77 bits per heavy atom. The second-order valence-corrected chi connectivity index (χ2v) is 8.35. The summed E-state index contributed by atoms with van der Waals surface area (Å²) in [5, 5.41) is 11.5. The summed E-state index contributed by atoms with van der Waals surface area (Å²) in [7, 11) is -3.62. The zero-order valence-electron chi connectivity index (χ0n) is 12.6. The fraction of sp³-hybridized carbons (Fsp3) is 0.600. The van der Waals surface area contributed by atoms with Crippen molar-refractivity contribution in [1.82, 2.24) is 0 Å². The molecule has 0 N–H and O–H groups in total. The van der Waals surface area contributed by atoms with Crippen LogP contribution in [-0.4, -0.2) is 32.7 Å². The molecule has 1 aromatic rings. The first-order valence-electron chi connectivity index (χ1n) is 7.60. The van der Waals surface area contributed by atoms with E-state index in [-0.39, 0.29) is 10.6 Å². The molecule has 1 aliphatic carbocycles. The number of para-hydroxylation sites is 1. The third-order valence-electron chi connectivity index (χ3n) is 4.88. The van der Waals surface area contributed by atoms with Gasteiger partial charge in [0.2, 0.25) is 0 Å². The molecule has 1 saturated carbocycles. The van der Waals surface area contributed by atoms with Crippen molar-refractivity contribution >= 4 is 21.2 Å². The summed E-state index contributed by atoms with van der Waals surface area (Å²) in [4.78, 5) is 12.7. The minimum Gasteiger partial charge on any atom is -0.365 e. The smallest absolute Gasteiger partial charge is 0.311 e. The Kier molecular flexibility index (Phi) is 3.84. The Labute approximate surface area is 130 Å². The lowest BCUT2D eigenvalue weighted by Gasteiger charge is -2.22. The summed E-state index contributed by atoms with van der Waals surface area (Å²) in [6.07, 6.45) is 5.80. The Bertz CT molecular complexity index is 687. The van der Waals surface area contributed by atoms with Gasteiger partial charge in [0, 0.05) is 19.3 Å². The van der Waals surface area contributed by atoms with Crippen LogP contribution in [0.3, 0.4) is 0 Å². The topological polar surface area (TPSA) is 80.5 Å². The maximum Gasteiger partial charge on any atom is 0.311 e. The van der Waals surface area contributed by atoms with Gasteiger partial charge < -0.3 is 4.90 Å². The van der Waals surface area contributed by atoms with Gasteiger partial charge in [0.25, 0.3) is 0 Å². The van der Waals surface area contributed by atoms with Crippen molar-refractivity contribution in [2.45, 2.75) is 30.6 Å². The molecule has 1 heterocycles. The molecule has 2 atom stereocenters. The number of fused-ring (bicyclic) bond motifs is 1. The van der Waals surface area contributed by atoms with Crippen molar-refractivity contribution < 1.29 is 13.3 Å². The molecule has 1 saturated heterocycles. The molecule has 2 fully saturated rings. The number of nitrogens with zero attached hydrogens (tertiary/aromatic N) is 2. The predicted molar refractivity (Wildman–Crippen MR) is 83.9 cm³/mol. The Morgan fingerprint density at radius 1 is 1.18 bits per heavy atom. The van der Waals surface area contributed by atoms with Crippen molar-refractivity contribution in [2.24, 2.45) is 11.8 Å². The van der Waals surface area contributed by atoms with Gasteiger partial charge in [-0.1, -0.05) is 18.9 Å². The van der Waals surface area contributed by atoms with Crippen LogP contribution in [0.25, 0.3) is 0 Å². The van der Waals surface area contributed by atoms with E-state index in [1.54, 1.807) is 12.1 Å². The number of benzene rings is 1. The standard InChI is InChI=1S/C15H20N2O4S/c1-22(20,21)14-8-4-7-13(15(14)17(18)19)16-9-11-5-2-3-6-12(11)10-16/h4,7-8,11-12H,2-3,5-6,9-10H2,1H3. The molecule has 3 rings (SSSR count). The second-order valence-electron chi connectivity index (χ2n) is 6.36. The van der Waals surface area contributed by atoms with Crippen molar-refractivity contribution in [3.8, 4) is 0 Å². The number of rotatable bonds is 3. The molecule has 2 aliphatic rings. The van der Waals surface area contributed by atoms with Gasteiger partial charge in [-0.25, -0.2) is 8.42 Å². The highest BCUT2D eigenvalue weighted by Crippen LogP contribution is 2.42. The van der Waals surface area contributed by atoms with Crippen LogP contribution >= 0.6 is 0 Å². The van der Waals surface area contributed by atoms with Crippen LogP contribution in [-0.2, 0) is 9.84 Å². The van der Waals surface area contributed by atoms with Crippen LogP contribution in [0.2, 0.25) is 0 Å². The first-order chi connectivity index (χ1) is 10.4. The molecule has 0 spiro atoms. The van der Waals surface area contributed by atoms with E-state index in [4.69, 9.17) is 0 Å². The van der Waals surface area contributed by atoms with Crippen LogP contribution in [0.1, 0.15) is 25.7 Å². The normalized spacial score (nSPS) is 25.0. The van der Waals surface area contributed by atoms with E-state index in [0.29, 0.717) is 17.5 Å². The second kappa shape index (κ2) is 5.53. The van der Waals surface area contributed by atoms with Crippen LogP contribution in [0.15, 0.2) is 23.1 Å². The van der Waals surface area contributed by atoms with Crippen molar-refractivity contribution in [3.63, 3.8) is 0 Å². The lowest BCUT2D eigenvalue weighted by Crippen LogP contribution is -2.21. The SMILES string of the molecule is CS(=O)(=O)c1cccc(N2CC3CCCCC3C2)c1[N+](=O)[O-]. The summed E-state index contributed by atoms with van der Waals surface area (Å²) in [5.74, 6) is 1.16. The first kappa shape index (κ1) is 15.3. The maximum absolute atomic E-state index is 11.9. The highest BCUT2D eigenvalue weighted by atomic mass is 32.2. The quantitative estimate of drug-likeness (QED) is 0.630. The monoisotopic (exact) mass is 324 g/mol. The van der Waals surface area contributed by atoms with Crippen molar-refractivity contribution in [2.75, 3.05) is 24.2 Å². The highest BCUT2D eigenvalue weighted by molar-refractivity contribution is 7.90. The van der Waals surface area contributed by atoms with Crippen LogP contribution < -0.4 is 4.90 Å². The molecule has 120 valence electrons. The summed E-state index contributed by atoms with van der Waals surface area (Å²) in [6.45, 7) is 1.58. The molecule has 0 aromatic heterocycles. The molecule has 0 radical (unpaired) electrons. The molecule has 0 amide bonds. The first-order valence-corrected chi connectivity index (χ1v) is 9.49. The Morgan fingerprint density at radius 3 is 2.27 bits per heavy atom. The predicted octanol–water partition coefficient (Wildman–Crippen LogP) is 2.62. The number of hydrogen-bond acceptors (Lipinski definition) is 5. The molecule has 1 aromatic carbocycles. The third-order valence-corrected chi connectivity index (χ3v) is 6.01. The largest absolute Gasteiger partial charge is 0.365 e. The minimum absolute atomic E-state index is 0.190. The van der Waals surface area contributed by atoms with E-state index in [0.717, 1.165) is 19.3 Å². The summed E-state index contributed by atoms with van der Waals surface area (Å²) in [6, 6.07) is 4.59. The Balaban J connectivity index is 2.02. The van der Waals surface area contributed by atoms with Crippen molar-refractivity contribution in [3.05, 3.63) is 28.3 Å². The van der Waals surface area contributed by atoms with Crippen LogP contribution in [0.4, 0.5) is 11.4 Å². The van der Waals surface area contributed by atoms with E-state index in [1.807, 2.05) is 4.90 Å². The number of hydrogen-bond donors (Lipinski definition) is 0. The molecular formula is C15H20N2O4S. The van der Waals surface area contributed by atoms with Gasteiger partial charge in [0.15, 0.2) is 9.84 Å². The zero-order chi connectivity index (χ0) is 15.9. The van der Waals surface area contributed by atoms with Gasteiger partial charge in [-0.05, 0) is 36.8 Å². The lowest BCUT2D eigenvalue weighted by atomic mass is 9.82. The number of anilines is 1. The van der Waals surface area contributed by atoms with Gasteiger partial charge in [-0.3, -0.25) is 10.1 Å². The van der Waals surface area contributed by atoms with Gasteiger partial charge >= 0.3 is 5.69 Å². The molecule has 7 heteroatoms. The summed E-state index contributed by atoms with van der Waals surface area (Å²) >= 11 is 0. The number of nitro benzene ring substituents is 1.